The lowest BCUT2D eigenvalue weighted by atomic mass is 10.0. The Balaban J connectivity index is 0.776. The van der Waals surface area contributed by atoms with Gasteiger partial charge in [-0.2, -0.15) is 0 Å². The molecule has 0 aliphatic heterocycles. The molecule has 0 amide bonds. The van der Waals surface area contributed by atoms with Gasteiger partial charge in [-0.15, -0.1) is 0 Å². The van der Waals surface area contributed by atoms with Crippen molar-refractivity contribution in [2.24, 2.45) is 0 Å². The first-order valence-corrected chi connectivity index (χ1v) is 29.2. The summed E-state index contributed by atoms with van der Waals surface area (Å²) in [4.78, 5) is 15.5. The lowest BCUT2D eigenvalue weighted by molar-refractivity contribution is 1.18. The van der Waals surface area contributed by atoms with Gasteiger partial charge in [-0.05, 0) is 132 Å². The van der Waals surface area contributed by atoms with E-state index in [0.29, 0.717) is 0 Å². The van der Waals surface area contributed by atoms with Crippen LogP contribution in [0.25, 0.3) is 111 Å². The number of para-hydroxylation sites is 8. The molecule has 0 bridgehead atoms. The zero-order valence-electron chi connectivity index (χ0n) is 46.9. The van der Waals surface area contributed by atoms with Gasteiger partial charge in [0.25, 0.3) is 0 Å². The van der Waals surface area contributed by atoms with Crippen LogP contribution in [0.1, 0.15) is 0 Å². The first-order valence-electron chi connectivity index (χ1n) is 29.2. The molecule has 0 saturated heterocycles. The highest BCUT2D eigenvalue weighted by Crippen LogP contribution is 2.45. The summed E-state index contributed by atoms with van der Waals surface area (Å²) in [7, 11) is 0. The average Bonchev–Trinajstić information content (AvgIpc) is 2.29. The van der Waals surface area contributed by atoms with Crippen LogP contribution in [0, 0.1) is 0 Å². The molecule has 0 N–H and O–H groups in total. The van der Waals surface area contributed by atoms with Crippen LogP contribution in [0.4, 0.5) is 34.1 Å². The number of anilines is 6. The molecule has 0 atom stereocenters. The fourth-order valence-corrected chi connectivity index (χ4v) is 12.8. The van der Waals surface area contributed by atoms with Gasteiger partial charge in [-0.1, -0.05) is 206 Å². The molecule has 0 fully saturated rings. The van der Waals surface area contributed by atoms with Crippen molar-refractivity contribution in [3.8, 4) is 56.1 Å². The molecular weight excluding hydrogens is 1040 g/mol. The second-order valence-corrected chi connectivity index (χ2v) is 21.7. The van der Waals surface area contributed by atoms with E-state index in [4.69, 9.17) is 9.97 Å². The summed E-state index contributed by atoms with van der Waals surface area (Å²) in [5.74, 6) is 0. The maximum atomic E-state index is 5.39. The molecule has 404 valence electrons. The Morgan fingerprint density at radius 2 is 0.535 bits per heavy atom. The molecule has 0 radical (unpaired) electrons. The van der Waals surface area contributed by atoms with Gasteiger partial charge < -0.3 is 18.9 Å². The summed E-state index contributed by atoms with van der Waals surface area (Å²) in [5.41, 5.74) is 23.2. The summed E-state index contributed by atoms with van der Waals surface area (Å²) in [6, 6.07) is 117. The minimum Gasteiger partial charge on any atom is -0.310 e. The van der Waals surface area contributed by atoms with E-state index in [1.165, 1.54) is 43.8 Å². The number of fused-ring (bicyclic) bond motifs is 7. The minimum absolute atomic E-state index is 0.815. The molecule has 0 aliphatic rings. The topological polar surface area (TPSA) is 42.1 Å². The van der Waals surface area contributed by atoms with Crippen molar-refractivity contribution in [1.29, 1.82) is 0 Å². The molecular formula is C80H54N6. The lowest BCUT2D eigenvalue weighted by Crippen LogP contribution is -2.10. The zero-order chi connectivity index (χ0) is 56.9. The third-order valence-corrected chi connectivity index (χ3v) is 16.7. The maximum absolute atomic E-state index is 5.39. The van der Waals surface area contributed by atoms with E-state index in [-0.39, 0.29) is 0 Å². The van der Waals surface area contributed by atoms with Crippen molar-refractivity contribution >= 4 is 88.8 Å². The van der Waals surface area contributed by atoms with E-state index in [1.54, 1.807) is 0 Å². The Morgan fingerprint density at radius 3 is 0.953 bits per heavy atom. The quantitative estimate of drug-likeness (QED) is 0.122. The molecule has 6 nitrogen and oxygen atoms in total. The summed E-state index contributed by atoms with van der Waals surface area (Å²) in [5, 5.41) is 4.75. The minimum atomic E-state index is 0.815. The smallest absolute Gasteiger partial charge is 0.0973 e. The predicted octanol–water partition coefficient (Wildman–Crippen LogP) is 21.4. The second-order valence-electron chi connectivity index (χ2n) is 21.7. The van der Waals surface area contributed by atoms with Crippen molar-refractivity contribution in [1.82, 2.24) is 19.1 Å². The van der Waals surface area contributed by atoms with Gasteiger partial charge in [0.05, 0.1) is 55.9 Å². The molecule has 6 heteroatoms. The fraction of sp³-hybridized carbons (Fsp3) is 0. The van der Waals surface area contributed by atoms with Crippen LogP contribution in [0.2, 0.25) is 0 Å². The highest BCUT2D eigenvalue weighted by molar-refractivity contribution is 6.12. The molecule has 86 heavy (non-hydrogen) atoms. The number of rotatable bonds is 12. The SMILES string of the molecule is c1ccc(-c2ccccc2-n2c3ccccc3c3cc(N(c4ccccc4)c4ccc(-c5nc6ccccc6nc5-c5ccc(N(c6ccccc6)c6ccc7c(c6)c6ccccc6n7-c6ccccc6-c6ccccc6)cc5)cc4)ccc32)cc1. The lowest BCUT2D eigenvalue weighted by Gasteiger charge is -2.26. The van der Waals surface area contributed by atoms with Crippen LogP contribution in [0.15, 0.2) is 328 Å². The monoisotopic (exact) mass is 1100 g/mol. The predicted molar refractivity (Wildman–Crippen MR) is 359 cm³/mol. The maximum Gasteiger partial charge on any atom is 0.0973 e. The molecule has 0 spiro atoms. The first-order chi connectivity index (χ1) is 42.7. The van der Waals surface area contributed by atoms with Gasteiger partial charge in [0, 0.05) is 77.9 Å². The zero-order valence-corrected chi connectivity index (χ0v) is 46.9. The van der Waals surface area contributed by atoms with Crippen molar-refractivity contribution in [3.05, 3.63) is 328 Å². The molecule has 0 unspecified atom stereocenters. The molecule has 0 aliphatic carbocycles. The molecule has 16 rings (SSSR count). The van der Waals surface area contributed by atoms with Crippen molar-refractivity contribution in [2.45, 2.75) is 0 Å². The van der Waals surface area contributed by atoms with E-state index in [0.717, 1.165) is 101 Å². The van der Waals surface area contributed by atoms with Crippen molar-refractivity contribution < 1.29 is 0 Å². The standard InChI is InChI=1S/C80H54N6/c1-5-23-55(24-6-1)65-31-13-19-37-73(65)85-75-39-21-15-33-67(75)69-53-63(49-51-77(69)85)83(59-27-9-3-10-28-59)61-45-41-57(42-46-61)79-80(82-72-36-18-17-35-71(72)81-79)58-43-47-62(48-44-58)84(60-29-11-4-12-30-60)64-50-52-78-70(54-64)68-34-16-22-40-76(68)86(78)74-38-20-14-32-66(74)56-25-7-2-8-26-56/h1-54H. The second kappa shape index (κ2) is 21.3. The number of aromatic nitrogens is 4. The van der Waals surface area contributed by atoms with Gasteiger partial charge >= 0.3 is 0 Å². The summed E-state index contributed by atoms with van der Waals surface area (Å²) >= 11 is 0. The molecule has 3 heterocycles. The average molecular weight is 1100 g/mol. The first kappa shape index (κ1) is 50.2. The van der Waals surface area contributed by atoms with Crippen molar-refractivity contribution in [3.63, 3.8) is 0 Å². The van der Waals surface area contributed by atoms with Crippen LogP contribution in [-0.2, 0) is 0 Å². The Kier molecular flexibility index (Phi) is 12.4. The van der Waals surface area contributed by atoms with Crippen LogP contribution >= 0.6 is 0 Å². The number of benzene rings is 13. The number of hydrogen-bond acceptors (Lipinski definition) is 4. The van der Waals surface area contributed by atoms with Crippen molar-refractivity contribution in [2.75, 3.05) is 9.80 Å². The van der Waals surface area contributed by atoms with E-state index in [1.807, 2.05) is 24.3 Å². The Hall–Kier alpha value is -11.6. The van der Waals surface area contributed by atoms with Crippen LogP contribution < -0.4 is 9.80 Å². The van der Waals surface area contributed by atoms with Gasteiger partial charge in [0.1, 0.15) is 0 Å². The van der Waals surface area contributed by atoms with Crippen LogP contribution in [0.3, 0.4) is 0 Å². The van der Waals surface area contributed by atoms with E-state index >= 15 is 0 Å². The van der Waals surface area contributed by atoms with E-state index in [9.17, 15) is 0 Å². The van der Waals surface area contributed by atoms with E-state index in [2.05, 4.69) is 322 Å². The summed E-state index contributed by atoms with van der Waals surface area (Å²) in [6.45, 7) is 0. The third-order valence-electron chi connectivity index (χ3n) is 16.7. The molecule has 13 aromatic carbocycles. The van der Waals surface area contributed by atoms with Gasteiger partial charge in [0.15, 0.2) is 0 Å². The number of hydrogen-bond donors (Lipinski definition) is 0. The third kappa shape index (κ3) is 8.75. The fourth-order valence-electron chi connectivity index (χ4n) is 12.8. The van der Waals surface area contributed by atoms with Gasteiger partial charge in [0.2, 0.25) is 0 Å². The van der Waals surface area contributed by atoms with Gasteiger partial charge in [-0.3, -0.25) is 0 Å². The molecule has 3 aromatic heterocycles. The summed E-state index contributed by atoms with van der Waals surface area (Å²) < 4.78 is 4.84. The molecule has 0 saturated carbocycles. The van der Waals surface area contributed by atoms with E-state index < -0.39 is 0 Å². The Labute approximate surface area is 498 Å². The van der Waals surface area contributed by atoms with Gasteiger partial charge in [-0.25, -0.2) is 9.97 Å². The van der Waals surface area contributed by atoms with Crippen LogP contribution in [-0.4, -0.2) is 19.1 Å². The van der Waals surface area contributed by atoms with Crippen LogP contribution in [0.5, 0.6) is 0 Å². The molecule has 16 aromatic rings. The Bertz CT molecular complexity index is 4830. The normalized spacial score (nSPS) is 11.5. The highest BCUT2D eigenvalue weighted by atomic mass is 15.1. The largest absolute Gasteiger partial charge is 0.310 e. The summed E-state index contributed by atoms with van der Waals surface area (Å²) in [6.07, 6.45) is 0. The Morgan fingerprint density at radius 1 is 0.221 bits per heavy atom. The highest BCUT2D eigenvalue weighted by Gasteiger charge is 2.23. The number of nitrogens with zero attached hydrogens (tertiary/aromatic N) is 6.